The summed E-state index contributed by atoms with van der Waals surface area (Å²) >= 11 is 0. The van der Waals surface area contributed by atoms with Gasteiger partial charge in [-0.1, -0.05) is 93.3 Å². The van der Waals surface area contributed by atoms with E-state index in [0.717, 1.165) is 6.54 Å². The third kappa shape index (κ3) is 3.65. The van der Waals surface area contributed by atoms with Gasteiger partial charge < -0.3 is 0 Å². The Bertz CT molecular complexity index is 683. The molecular formula is C24H29N. The molecule has 0 amide bonds. The fraction of sp³-hybridized carbons (Fsp3) is 0.417. The second kappa shape index (κ2) is 7.46. The van der Waals surface area contributed by atoms with Gasteiger partial charge in [0.25, 0.3) is 0 Å². The SMILES string of the molecule is CC(C)(C)C(C#CCN1CCCC1)(c1ccccc1)c1ccccc1. The maximum Gasteiger partial charge on any atom is 0.0860 e. The summed E-state index contributed by atoms with van der Waals surface area (Å²) in [6, 6.07) is 21.6. The van der Waals surface area contributed by atoms with Gasteiger partial charge in [-0.05, 0) is 42.5 Å². The van der Waals surface area contributed by atoms with Gasteiger partial charge >= 0.3 is 0 Å². The average molecular weight is 332 g/mol. The van der Waals surface area contributed by atoms with Crippen LogP contribution < -0.4 is 0 Å². The first-order valence-electron chi connectivity index (χ1n) is 9.37. The van der Waals surface area contributed by atoms with E-state index in [9.17, 15) is 0 Å². The lowest BCUT2D eigenvalue weighted by Gasteiger charge is -2.42. The lowest BCUT2D eigenvalue weighted by Crippen LogP contribution is -2.40. The topological polar surface area (TPSA) is 3.24 Å². The zero-order valence-electron chi connectivity index (χ0n) is 15.8. The maximum absolute atomic E-state index is 3.74. The van der Waals surface area contributed by atoms with E-state index >= 15 is 0 Å². The summed E-state index contributed by atoms with van der Waals surface area (Å²) in [5.41, 5.74) is 2.23. The Morgan fingerprint density at radius 3 is 1.72 bits per heavy atom. The van der Waals surface area contributed by atoms with Gasteiger partial charge in [-0.25, -0.2) is 0 Å². The molecule has 1 saturated heterocycles. The summed E-state index contributed by atoms with van der Waals surface area (Å²) in [7, 11) is 0. The van der Waals surface area contributed by atoms with Crippen molar-refractivity contribution in [1.82, 2.24) is 4.90 Å². The highest BCUT2D eigenvalue weighted by Gasteiger charge is 2.43. The number of hydrogen-bond acceptors (Lipinski definition) is 1. The summed E-state index contributed by atoms with van der Waals surface area (Å²) < 4.78 is 0. The van der Waals surface area contributed by atoms with Gasteiger partial charge in [0.1, 0.15) is 0 Å². The van der Waals surface area contributed by atoms with E-state index in [0.29, 0.717) is 0 Å². The maximum atomic E-state index is 3.74. The minimum Gasteiger partial charge on any atom is -0.292 e. The van der Waals surface area contributed by atoms with Crippen molar-refractivity contribution in [1.29, 1.82) is 0 Å². The highest BCUT2D eigenvalue weighted by molar-refractivity contribution is 5.50. The molecular weight excluding hydrogens is 302 g/mol. The normalized spacial score (nSPS) is 15.6. The monoisotopic (exact) mass is 331 g/mol. The summed E-state index contributed by atoms with van der Waals surface area (Å²) in [6.07, 6.45) is 2.62. The summed E-state index contributed by atoms with van der Waals surface area (Å²) in [5.74, 6) is 7.29. The van der Waals surface area contributed by atoms with E-state index in [1.54, 1.807) is 0 Å². The molecule has 1 heterocycles. The van der Waals surface area contributed by atoms with Crippen LogP contribution in [-0.4, -0.2) is 24.5 Å². The Morgan fingerprint density at radius 1 is 0.800 bits per heavy atom. The standard InChI is InChI=1S/C24H29N/c1-23(2,3)24(21-13-6-4-7-14-21,22-15-8-5-9-16-22)17-12-20-25-18-10-11-19-25/h4-9,13-16H,10-11,18-20H2,1-3H3. The van der Waals surface area contributed by atoms with Crippen LogP contribution in [-0.2, 0) is 5.41 Å². The molecule has 1 heteroatoms. The van der Waals surface area contributed by atoms with Crippen molar-refractivity contribution in [2.45, 2.75) is 39.0 Å². The van der Waals surface area contributed by atoms with Gasteiger partial charge in [-0.2, -0.15) is 0 Å². The lowest BCUT2D eigenvalue weighted by molar-refractivity contribution is 0.291. The highest BCUT2D eigenvalue weighted by atomic mass is 15.1. The molecule has 0 aliphatic carbocycles. The number of rotatable bonds is 3. The van der Waals surface area contributed by atoms with Crippen molar-refractivity contribution in [3.8, 4) is 11.8 Å². The molecule has 2 aromatic rings. The van der Waals surface area contributed by atoms with Crippen molar-refractivity contribution in [2.24, 2.45) is 5.41 Å². The van der Waals surface area contributed by atoms with Crippen molar-refractivity contribution < 1.29 is 0 Å². The zero-order chi connectivity index (χ0) is 17.8. The summed E-state index contributed by atoms with van der Waals surface area (Å²) in [6.45, 7) is 10.2. The molecule has 0 saturated carbocycles. The van der Waals surface area contributed by atoms with Gasteiger partial charge in [0.15, 0.2) is 0 Å². The van der Waals surface area contributed by atoms with Crippen LogP contribution in [0.1, 0.15) is 44.7 Å². The third-order valence-corrected chi connectivity index (χ3v) is 5.32. The van der Waals surface area contributed by atoms with Gasteiger partial charge in [0.2, 0.25) is 0 Å². The molecule has 3 rings (SSSR count). The van der Waals surface area contributed by atoms with Crippen LogP contribution in [0, 0.1) is 17.3 Å². The Balaban J connectivity index is 2.10. The summed E-state index contributed by atoms with van der Waals surface area (Å²) in [4.78, 5) is 2.47. The predicted molar refractivity (Wildman–Crippen MR) is 107 cm³/mol. The molecule has 25 heavy (non-hydrogen) atoms. The van der Waals surface area contributed by atoms with E-state index in [2.05, 4.69) is 98.2 Å². The van der Waals surface area contributed by atoms with Crippen LogP contribution in [0.5, 0.6) is 0 Å². The van der Waals surface area contributed by atoms with Crippen LogP contribution in [0.25, 0.3) is 0 Å². The fourth-order valence-electron chi connectivity index (χ4n) is 3.97. The van der Waals surface area contributed by atoms with Gasteiger partial charge in [0, 0.05) is 0 Å². The highest BCUT2D eigenvalue weighted by Crippen LogP contribution is 2.46. The number of hydrogen-bond donors (Lipinski definition) is 0. The minimum atomic E-state index is -0.310. The van der Waals surface area contributed by atoms with Crippen LogP contribution in [0.4, 0.5) is 0 Å². The first kappa shape index (κ1) is 17.8. The third-order valence-electron chi connectivity index (χ3n) is 5.32. The van der Waals surface area contributed by atoms with E-state index in [4.69, 9.17) is 0 Å². The zero-order valence-corrected chi connectivity index (χ0v) is 15.8. The molecule has 0 aromatic heterocycles. The Hall–Kier alpha value is -2.04. The molecule has 0 atom stereocenters. The second-order valence-electron chi connectivity index (χ2n) is 8.02. The van der Waals surface area contributed by atoms with E-state index in [-0.39, 0.29) is 10.8 Å². The molecule has 0 bridgehead atoms. The lowest BCUT2D eigenvalue weighted by atomic mass is 9.59. The van der Waals surface area contributed by atoms with Crippen molar-refractivity contribution in [3.05, 3.63) is 71.8 Å². The van der Waals surface area contributed by atoms with Crippen LogP contribution in [0.3, 0.4) is 0 Å². The van der Waals surface area contributed by atoms with Crippen molar-refractivity contribution in [3.63, 3.8) is 0 Å². The van der Waals surface area contributed by atoms with E-state index < -0.39 is 0 Å². The average Bonchev–Trinajstić information content (AvgIpc) is 3.13. The fourth-order valence-corrected chi connectivity index (χ4v) is 3.97. The first-order valence-corrected chi connectivity index (χ1v) is 9.37. The van der Waals surface area contributed by atoms with Crippen molar-refractivity contribution >= 4 is 0 Å². The van der Waals surface area contributed by atoms with E-state index in [1.165, 1.54) is 37.1 Å². The molecule has 1 nitrogen and oxygen atoms in total. The molecule has 0 unspecified atom stereocenters. The number of nitrogens with zero attached hydrogens (tertiary/aromatic N) is 1. The minimum absolute atomic E-state index is 0.0201. The Kier molecular flexibility index (Phi) is 5.30. The molecule has 1 aliphatic rings. The molecule has 2 aromatic carbocycles. The quantitative estimate of drug-likeness (QED) is 0.706. The van der Waals surface area contributed by atoms with E-state index in [1.807, 2.05) is 0 Å². The number of benzene rings is 2. The predicted octanol–water partition coefficient (Wildman–Crippen LogP) is 5.12. The molecule has 1 aliphatic heterocycles. The van der Waals surface area contributed by atoms with Gasteiger partial charge in [-0.15, -0.1) is 0 Å². The molecule has 0 N–H and O–H groups in total. The van der Waals surface area contributed by atoms with Crippen LogP contribution >= 0.6 is 0 Å². The van der Waals surface area contributed by atoms with Gasteiger partial charge in [-0.3, -0.25) is 4.90 Å². The Morgan fingerprint density at radius 2 is 1.28 bits per heavy atom. The first-order chi connectivity index (χ1) is 12.0. The van der Waals surface area contributed by atoms with Crippen LogP contribution in [0.2, 0.25) is 0 Å². The molecule has 1 fully saturated rings. The van der Waals surface area contributed by atoms with Crippen molar-refractivity contribution in [2.75, 3.05) is 19.6 Å². The van der Waals surface area contributed by atoms with Gasteiger partial charge in [0.05, 0.1) is 12.0 Å². The summed E-state index contributed by atoms with van der Waals surface area (Å²) in [5, 5.41) is 0. The largest absolute Gasteiger partial charge is 0.292 e. The Labute approximate surface area is 153 Å². The molecule has 130 valence electrons. The second-order valence-corrected chi connectivity index (χ2v) is 8.02. The van der Waals surface area contributed by atoms with Crippen LogP contribution in [0.15, 0.2) is 60.7 Å². The smallest absolute Gasteiger partial charge is 0.0860 e. The number of likely N-dealkylation sites (tertiary alicyclic amines) is 1. The molecule has 0 radical (unpaired) electrons. The molecule has 0 spiro atoms.